The average Bonchev–Trinajstić information content (AvgIpc) is 3.29. The smallest absolute Gasteiger partial charge is 0.251 e. The lowest BCUT2D eigenvalue weighted by Gasteiger charge is -2.20. The first-order valence-electron chi connectivity index (χ1n) is 10.8. The summed E-state index contributed by atoms with van der Waals surface area (Å²) in [4.78, 5) is 32.1. The molecule has 0 saturated carbocycles. The number of hydrogen-bond donors (Lipinski definition) is 1. The number of halogens is 2. The fourth-order valence-corrected chi connectivity index (χ4v) is 5.19. The van der Waals surface area contributed by atoms with Gasteiger partial charge in [-0.25, -0.2) is 13.8 Å². The molecule has 4 aromatic rings. The Kier molecular flexibility index (Phi) is 5.40. The number of rotatable bonds is 5. The number of nitrogens with zero attached hydrogens (tertiary/aromatic N) is 2. The lowest BCUT2D eigenvalue weighted by molar-refractivity contribution is -0.122. The van der Waals surface area contributed by atoms with Crippen molar-refractivity contribution in [2.75, 3.05) is 4.90 Å². The predicted octanol–water partition coefficient (Wildman–Crippen LogP) is 5.33. The molecule has 172 valence electrons. The molecule has 0 aliphatic carbocycles. The Morgan fingerprint density at radius 2 is 1.79 bits per heavy atom. The molecule has 5 nitrogen and oxygen atoms in total. The predicted molar refractivity (Wildman–Crippen MR) is 128 cm³/mol. The number of anilines is 1. The fraction of sp³-hybridized carbons (Fsp3) is 0.192. The minimum atomic E-state index is -0.822. The molecule has 0 bridgehead atoms. The van der Waals surface area contributed by atoms with Gasteiger partial charge in [-0.1, -0.05) is 18.2 Å². The molecule has 2 amide bonds. The molecular formula is C26H21F2N3O2S. The summed E-state index contributed by atoms with van der Waals surface area (Å²) in [6, 6.07) is 16.1. The van der Waals surface area contributed by atoms with Gasteiger partial charge >= 0.3 is 0 Å². The molecule has 34 heavy (non-hydrogen) atoms. The van der Waals surface area contributed by atoms with Crippen LogP contribution in [0.2, 0.25) is 0 Å². The molecule has 8 heteroatoms. The van der Waals surface area contributed by atoms with E-state index in [0.717, 1.165) is 26.9 Å². The van der Waals surface area contributed by atoms with E-state index in [4.69, 9.17) is 0 Å². The van der Waals surface area contributed by atoms with E-state index in [1.807, 2.05) is 24.3 Å². The van der Waals surface area contributed by atoms with Gasteiger partial charge in [0.1, 0.15) is 16.6 Å². The molecule has 5 rings (SSSR count). The van der Waals surface area contributed by atoms with Crippen LogP contribution in [-0.4, -0.2) is 16.8 Å². The van der Waals surface area contributed by atoms with Crippen molar-refractivity contribution in [2.45, 2.75) is 32.4 Å². The second-order valence-electron chi connectivity index (χ2n) is 8.78. The highest BCUT2D eigenvalue weighted by molar-refractivity contribution is 7.18. The molecule has 0 fully saturated rings. The molecule has 0 atom stereocenters. The van der Waals surface area contributed by atoms with Crippen LogP contribution in [-0.2, 0) is 23.3 Å². The van der Waals surface area contributed by atoms with Gasteiger partial charge in [-0.15, -0.1) is 11.3 Å². The first-order chi connectivity index (χ1) is 16.2. The van der Waals surface area contributed by atoms with Crippen molar-refractivity contribution >= 4 is 39.1 Å². The van der Waals surface area contributed by atoms with Crippen molar-refractivity contribution in [1.82, 2.24) is 10.3 Å². The van der Waals surface area contributed by atoms with E-state index in [-0.39, 0.29) is 24.9 Å². The van der Waals surface area contributed by atoms with Gasteiger partial charge in [0, 0.05) is 17.3 Å². The number of fused-ring (bicyclic) bond motifs is 2. The van der Waals surface area contributed by atoms with Gasteiger partial charge in [0.15, 0.2) is 0 Å². The van der Waals surface area contributed by atoms with Gasteiger partial charge < -0.3 is 10.2 Å². The molecule has 1 N–H and O–H groups in total. The zero-order valence-corrected chi connectivity index (χ0v) is 19.4. The van der Waals surface area contributed by atoms with Crippen LogP contribution in [0.3, 0.4) is 0 Å². The van der Waals surface area contributed by atoms with Crippen LogP contribution in [0, 0.1) is 11.6 Å². The number of benzene rings is 3. The highest BCUT2D eigenvalue weighted by Crippen LogP contribution is 2.42. The van der Waals surface area contributed by atoms with Crippen molar-refractivity contribution in [3.05, 3.63) is 94.0 Å². The third-order valence-corrected chi connectivity index (χ3v) is 7.04. The first kappa shape index (κ1) is 22.2. The molecule has 2 heterocycles. The zero-order chi connectivity index (χ0) is 24.0. The van der Waals surface area contributed by atoms with Gasteiger partial charge in [-0.3, -0.25) is 9.59 Å². The molecular weight excluding hydrogens is 456 g/mol. The van der Waals surface area contributed by atoms with Gasteiger partial charge in [-0.05, 0) is 61.4 Å². The Labute approximate surface area is 199 Å². The van der Waals surface area contributed by atoms with Crippen LogP contribution in [0.5, 0.6) is 0 Å². The fourth-order valence-electron chi connectivity index (χ4n) is 4.28. The quantitative estimate of drug-likeness (QED) is 0.423. The number of nitrogens with one attached hydrogen (secondary N) is 1. The normalized spacial score (nSPS) is 14.5. The van der Waals surface area contributed by atoms with E-state index in [1.165, 1.54) is 28.4 Å². The van der Waals surface area contributed by atoms with Crippen molar-refractivity contribution in [1.29, 1.82) is 0 Å². The zero-order valence-electron chi connectivity index (χ0n) is 18.6. The Balaban J connectivity index is 1.40. The molecule has 1 aliphatic rings. The van der Waals surface area contributed by atoms with E-state index in [2.05, 4.69) is 10.3 Å². The average molecular weight is 478 g/mol. The summed E-state index contributed by atoms with van der Waals surface area (Å²) in [5.74, 6) is -1.90. The number of amides is 2. The number of para-hydroxylation sites is 1. The van der Waals surface area contributed by atoms with E-state index in [1.54, 1.807) is 32.0 Å². The van der Waals surface area contributed by atoms with E-state index >= 15 is 0 Å². The summed E-state index contributed by atoms with van der Waals surface area (Å²) in [5, 5.41) is 3.68. The Bertz CT molecular complexity index is 1390. The Morgan fingerprint density at radius 1 is 1.06 bits per heavy atom. The van der Waals surface area contributed by atoms with E-state index < -0.39 is 17.0 Å². The summed E-state index contributed by atoms with van der Waals surface area (Å²) < 4.78 is 28.5. The highest BCUT2D eigenvalue weighted by atomic mass is 32.1. The third-order valence-electron chi connectivity index (χ3n) is 6.01. The third kappa shape index (κ3) is 3.94. The highest BCUT2D eigenvalue weighted by Gasteiger charge is 2.44. The molecule has 0 saturated heterocycles. The molecule has 0 radical (unpaired) electrons. The minimum absolute atomic E-state index is 0.000715. The number of aromatic nitrogens is 1. The topological polar surface area (TPSA) is 62.3 Å². The Morgan fingerprint density at radius 3 is 2.53 bits per heavy atom. The van der Waals surface area contributed by atoms with E-state index in [9.17, 15) is 18.4 Å². The van der Waals surface area contributed by atoms with Gasteiger partial charge in [0.05, 0.1) is 28.7 Å². The maximum Gasteiger partial charge on any atom is 0.251 e. The van der Waals surface area contributed by atoms with Gasteiger partial charge in [0.25, 0.3) is 5.91 Å². The summed E-state index contributed by atoms with van der Waals surface area (Å²) >= 11 is 1.52. The second kappa shape index (κ2) is 8.29. The maximum absolute atomic E-state index is 13.7. The molecule has 1 aliphatic heterocycles. The van der Waals surface area contributed by atoms with Gasteiger partial charge in [0.2, 0.25) is 5.91 Å². The number of hydrogen-bond acceptors (Lipinski definition) is 4. The summed E-state index contributed by atoms with van der Waals surface area (Å²) in [6.07, 6.45) is 0. The lowest BCUT2D eigenvalue weighted by Crippen LogP contribution is -2.35. The van der Waals surface area contributed by atoms with Crippen LogP contribution >= 0.6 is 11.3 Å². The van der Waals surface area contributed by atoms with Crippen LogP contribution in [0.1, 0.15) is 40.3 Å². The molecule has 0 spiro atoms. The van der Waals surface area contributed by atoms with E-state index in [0.29, 0.717) is 16.8 Å². The maximum atomic E-state index is 13.7. The first-order valence-corrected chi connectivity index (χ1v) is 11.6. The van der Waals surface area contributed by atoms with Crippen molar-refractivity contribution < 1.29 is 18.4 Å². The van der Waals surface area contributed by atoms with Crippen LogP contribution in [0.25, 0.3) is 10.2 Å². The van der Waals surface area contributed by atoms with Crippen molar-refractivity contribution in [2.24, 2.45) is 0 Å². The SMILES string of the molecule is CC1(C)C(=O)N(Cc2cc(F)cc(F)c2)c2cc(C(=O)NCc3nc4ccccc4s3)ccc21. The largest absolute Gasteiger partial charge is 0.346 e. The monoisotopic (exact) mass is 477 g/mol. The van der Waals surface area contributed by atoms with Crippen LogP contribution < -0.4 is 10.2 Å². The van der Waals surface area contributed by atoms with Crippen molar-refractivity contribution in [3.8, 4) is 0 Å². The number of carbonyl (C=O) groups is 2. The minimum Gasteiger partial charge on any atom is -0.346 e. The lowest BCUT2D eigenvalue weighted by atomic mass is 9.86. The number of carbonyl (C=O) groups excluding carboxylic acids is 2. The Hall–Kier alpha value is -3.65. The molecule has 1 aromatic heterocycles. The summed E-state index contributed by atoms with van der Waals surface area (Å²) in [6.45, 7) is 3.88. The van der Waals surface area contributed by atoms with Crippen LogP contribution in [0.15, 0.2) is 60.7 Å². The van der Waals surface area contributed by atoms with Crippen LogP contribution in [0.4, 0.5) is 14.5 Å². The molecule has 0 unspecified atom stereocenters. The van der Waals surface area contributed by atoms with Gasteiger partial charge in [-0.2, -0.15) is 0 Å². The summed E-state index contributed by atoms with van der Waals surface area (Å²) in [5.41, 5.74) is 2.11. The molecule has 3 aromatic carbocycles. The standard InChI is InChI=1S/C26H21F2N3O2S/c1-26(2)19-8-7-16(24(32)29-13-23-30-20-5-3-4-6-22(20)34-23)11-21(19)31(25(26)33)14-15-9-17(27)12-18(28)10-15/h3-12H,13-14H2,1-2H3,(H,29,32). The van der Waals surface area contributed by atoms with Crippen molar-refractivity contribution in [3.63, 3.8) is 0 Å². The number of thiazole rings is 1. The second-order valence-corrected chi connectivity index (χ2v) is 9.90. The summed E-state index contributed by atoms with van der Waals surface area (Å²) in [7, 11) is 0.